The topological polar surface area (TPSA) is 68.5 Å². The molecular weight excluding hydrogens is 378 g/mol. The minimum atomic E-state index is -0.298. The second-order valence-corrected chi connectivity index (χ2v) is 6.83. The van der Waals surface area contributed by atoms with Crippen LogP contribution in [0.2, 0.25) is 0 Å². The Morgan fingerprint density at radius 1 is 0.867 bits per heavy atom. The summed E-state index contributed by atoms with van der Waals surface area (Å²) in [5.74, 6) is 0.0620. The lowest BCUT2D eigenvalue weighted by molar-refractivity contribution is -0.123. The van der Waals surface area contributed by atoms with Crippen LogP contribution in [0.3, 0.4) is 0 Å². The van der Waals surface area contributed by atoms with E-state index in [0.29, 0.717) is 28.8 Å². The minimum absolute atomic E-state index is 0.0399. The Morgan fingerprint density at radius 3 is 2.30 bits per heavy atom. The molecule has 0 radical (unpaired) electrons. The smallest absolute Gasteiger partial charge is 0.257 e. The van der Waals surface area contributed by atoms with E-state index in [1.165, 1.54) is 0 Å². The molecule has 5 heteroatoms. The molecule has 0 aliphatic rings. The molecule has 0 saturated heterocycles. The Kier molecular flexibility index (Phi) is 5.90. The molecule has 0 aliphatic carbocycles. The van der Waals surface area contributed by atoms with Crippen LogP contribution in [-0.2, 0) is 11.2 Å². The maximum absolute atomic E-state index is 13.0. The SMILES string of the molecule is O=C(COc1c(-c2ccccc2)oc2ccccc2c1=O)NCCc1ccccc1. The van der Waals surface area contributed by atoms with Crippen molar-refractivity contribution in [1.29, 1.82) is 0 Å². The zero-order chi connectivity index (χ0) is 20.8. The molecule has 1 heterocycles. The highest BCUT2D eigenvalue weighted by Gasteiger charge is 2.18. The van der Waals surface area contributed by atoms with Crippen LogP contribution in [0.15, 0.2) is 94.1 Å². The number of fused-ring (bicyclic) bond motifs is 1. The average Bonchev–Trinajstić information content (AvgIpc) is 2.80. The van der Waals surface area contributed by atoms with Gasteiger partial charge in [0.15, 0.2) is 12.4 Å². The van der Waals surface area contributed by atoms with Gasteiger partial charge in [0, 0.05) is 12.1 Å². The molecular formula is C25H21NO4. The van der Waals surface area contributed by atoms with Gasteiger partial charge in [-0.15, -0.1) is 0 Å². The first-order chi connectivity index (χ1) is 14.7. The monoisotopic (exact) mass is 399 g/mol. The van der Waals surface area contributed by atoms with Gasteiger partial charge in [0.1, 0.15) is 5.58 Å². The molecule has 1 amide bonds. The van der Waals surface area contributed by atoms with Crippen LogP contribution >= 0.6 is 0 Å². The number of amides is 1. The maximum Gasteiger partial charge on any atom is 0.257 e. The van der Waals surface area contributed by atoms with Gasteiger partial charge in [-0.2, -0.15) is 0 Å². The predicted octanol–water partition coefficient (Wildman–Crippen LogP) is 4.20. The fourth-order valence-electron chi connectivity index (χ4n) is 3.22. The lowest BCUT2D eigenvalue weighted by atomic mass is 10.1. The standard InChI is InChI=1S/C25H21NO4/c27-22(26-16-15-18-9-3-1-4-10-18)17-29-25-23(28)20-13-7-8-14-21(20)30-24(25)19-11-5-2-6-12-19/h1-14H,15-17H2,(H,26,27). The normalized spacial score (nSPS) is 10.7. The van der Waals surface area contributed by atoms with Gasteiger partial charge in [-0.1, -0.05) is 72.8 Å². The lowest BCUT2D eigenvalue weighted by Crippen LogP contribution is -2.31. The fraction of sp³-hybridized carbons (Fsp3) is 0.120. The van der Waals surface area contributed by atoms with E-state index in [9.17, 15) is 9.59 Å². The van der Waals surface area contributed by atoms with E-state index in [4.69, 9.17) is 9.15 Å². The molecule has 0 spiro atoms. The number of rotatable bonds is 7. The molecule has 3 aromatic carbocycles. The largest absolute Gasteiger partial charge is 0.476 e. The van der Waals surface area contributed by atoms with E-state index in [2.05, 4.69) is 5.32 Å². The first kappa shape index (κ1) is 19.5. The van der Waals surface area contributed by atoms with E-state index in [1.807, 2.05) is 60.7 Å². The van der Waals surface area contributed by atoms with E-state index >= 15 is 0 Å². The fourth-order valence-corrected chi connectivity index (χ4v) is 3.22. The Morgan fingerprint density at radius 2 is 1.53 bits per heavy atom. The van der Waals surface area contributed by atoms with Crippen molar-refractivity contribution in [3.05, 3.63) is 101 Å². The molecule has 0 unspecified atom stereocenters. The van der Waals surface area contributed by atoms with Gasteiger partial charge in [0.25, 0.3) is 5.91 Å². The van der Waals surface area contributed by atoms with Crippen molar-refractivity contribution in [1.82, 2.24) is 5.32 Å². The number of ether oxygens (including phenoxy) is 1. The Hall–Kier alpha value is -3.86. The highest BCUT2D eigenvalue weighted by atomic mass is 16.5. The molecule has 4 rings (SSSR count). The quantitative estimate of drug-likeness (QED) is 0.506. The van der Waals surface area contributed by atoms with Gasteiger partial charge in [-0.3, -0.25) is 9.59 Å². The first-order valence-electron chi connectivity index (χ1n) is 9.77. The van der Waals surface area contributed by atoms with Crippen molar-refractivity contribution in [2.45, 2.75) is 6.42 Å². The zero-order valence-corrected chi connectivity index (χ0v) is 16.3. The highest BCUT2D eigenvalue weighted by molar-refractivity contribution is 5.82. The van der Waals surface area contributed by atoms with Crippen LogP contribution in [-0.4, -0.2) is 19.1 Å². The molecule has 0 saturated carbocycles. The number of carbonyl (C=O) groups is 1. The highest BCUT2D eigenvalue weighted by Crippen LogP contribution is 2.30. The van der Waals surface area contributed by atoms with E-state index < -0.39 is 0 Å². The number of para-hydroxylation sites is 1. The molecule has 5 nitrogen and oxygen atoms in total. The summed E-state index contributed by atoms with van der Waals surface area (Å²) in [7, 11) is 0. The van der Waals surface area contributed by atoms with Crippen LogP contribution in [0.25, 0.3) is 22.3 Å². The molecule has 0 bridgehead atoms. The summed E-state index contributed by atoms with van der Waals surface area (Å²) in [5.41, 5.74) is 2.02. The van der Waals surface area contributed by atoms with Crippen LogP contribution in [0, 0.1) is 0 Å². The average molecular weight is 399 g/mol. The third kappa shape index (κ3) is 4.41. The summed E-state index contributed by atoms with van der Waals surface area (Å²) in [4.78, 5) is 25.3. The molecule has 1 N–H and O–H groups in total. The first-order valence-corrected chi connectivity index (χ1v) is 9.77. The second-order valence-electron chi connectivity index (χ2n) is 6.83. The van der Waals surface area contributed by atoms with Crippen molar-refractivity contribution in [3.63, 3.8) is 0 Å². The summed E-state index contributed by atoms with van der Waals surface area (Å²) in [6.45, 7) is 0.224. The van der Waals surface area contributed by atoms with Crippen LogP contribution < -0.4 is 15.5 Å². The van der Waals surface area contributed by atoms with Gasteiger partial charge in [-0.25, -0.2) is 0 Å². The lowest BCUT2D eigenvalue weighted by Gasteiger charge is -2.12. The molecule has 1 aromatic heterocycles. The van der Waals surface area contributed by atoms with Crippen molar-refractivity contribution in [2.75, 3.05) is 13.2 Å². The maximum atomic E-state index is 13.0. The van der Waals surface area contributed by atoms with Gasteiger partial charge < -0.3 is 14.5 Å². The summed E-state index contributed by atoms with van der Waals surface area (Å²) in [6.07, 6.45) is 0.722. The predicted molar refractivity (Wildman–Crippen MR) is 117 cm³/mol. The third-order valence-corrected chi connectivity index (χ3v) is 4.72. The third-order valence-electron chi connectivity index (χ3n) is 4.72. The van der Waals surface area contributed by atoms with E-state index in [0.717, 1.165) is 12.0 Å². The van der Waals surface area contributed by atoms with E-state index in [1.54, 1.807) is 24.3 Å². The minimum Gasteiger partial charge on any atom is -0.476 e. The van der Waals surface area contributed by atoms with Crippen molar-refractivity contribution in [2.24, 2.45) is 0 Å². The second kappa shape index (κ2) is 9.09. The summed E-state index contributed by atoms with van der Waals surface area (Å²) in [5, 5.41) is 3.23. The van der Waals surface area contributed by atoms with Crippen molar-refractivity contribution < 1.29 is 13.9 Å². The molecule has 0 atom stereocenters. The summed E-state index contributed by atoms with van der Waals surface area (Å²) >= 11 is 0. The molecule has 150 valence electrons. The zero-order valence-electron chi connectivity index (χ0n) is 16.3. The Bertz CT molecular complexity index is 1200. The summed E-state index contributed by atoms with van der Waals surface area (Å²) in [6, 6.07) is 26.1. The molecule has 0 fully saturated rings. The molecule has 4 aromatic rings. The molecule has 0 aliphatic heterocycles. The summed E-state index contributed by atoms with van der Waals surface area (Å²) < 4.78 is 11.7. The Labute approximate surface area is 173 Å². The van der Waals surface area contributed by atoms with Crippen molar-refractivity contribution in [3.8, 4) is 17.1 Å². The van der Waals surface area contributed by atoms with Crippen LogP contribution in [0.1, 0.15) is 5.56 Å². The van der Waals surface area contributed by atoms with Gasteiger partial charge >= 0.3 is 0 Å². The van der Waals surface area contributed by atoms with Gasteiger partial charge in [-0.05, 0) is 24.1 Å². The number of hydrogen-bond donors (Lipinski definition) is 1. The number of carbonyl (C=O) groups excluding carboxylic acids is 1. The van der Waals surface area contributed by atoms with Gasteiger partial charge in [0.05, 0.1) is 5.39 Å². The number of benzene rings is 3. The van der Waals surface area contributed by atoms with E-state index in [-0.39, 0.29) is 23.7 Å². The van der Waals surface area contributed by atoms with Crippen LogP contribution in [0.4, 0.5) is 0 Å². The van der Waals surface area contributed by atoms with Crippen molar-refractivity contribution >= 4 is 16.9 Å². The number of nitrogens with one attached hydrogen (secondary N) is 1. The van der Waals surface area contributed by atoms with Crippen LogP contribution in [0.5, 0.6) is 5.75 Å². The van der Waals surface area contributed by atoms with Gasteiger partial charge in [0.2, 0.25) is 11.2 Å². The number of hydrogen-bond acceptors (Lipinski definition) is 4. The molecule has 30 heavy (non-hydrogen) atoms. The Balaban J connectivity index is 1.52.